The van der Waals surface area contributed by atoms with Gasteiger partial charge in [0, 0.05) is 5.69 Å². The molecular formula is C11H12N2O3S2. The summed E-state index contributed by atoms with van der Waals surface area (Å²) in [6, 6.07) is 4.84. The lowest BCUT2D eigenvalue weighted by atomic mass is 10.4. The normalized spacial score (nSPS) is 11.4. The number of anilines is 1. The van der Waals surface area contributed by atoms with E-state index in [2.05, 4.69) is 9.71 Å². The van der Waals surface area contributed by atoms with E-state index in [0.29, 0.717) is 10.6 Å². The third-order valence-corrected chi connectivity index (χ3v) is 4.80. The maximum Gasteiger partial charge on any atom is 0.263 e. The van der Waals surface area contributed by atoms with Gasteiger partial charge in [0.2, 0.25) is 0 Å². The Morgan fingerprint density at radius 3 is 2.78 bits per heavy atom. The summed E-state index contributed by atoms with van der Waals surface area (Å²) in [5.74, 6) is 0. The van der Waals surface area contributed by atoms with Gasteiger partial charge >= 0.3 is 0 Å². The molecule has 0 aromatic carbocycles. The second-order valence-electron chi connectivity index (χ2n) is 3.66. The average molecular weight is 284 g/mol. The van der Waals surface area contributed by atoms with Crippen LogP contribution in [0.3, 0.4) is 0 Å². The summed E-state index contributed by atoms with van der Waals surface area (Å²) in [6.07, 6.45) is 1.46. The van der Waals surface area contributed by atoms with Crippen LogP contribution in [-0.2, 0) is 16.6 Å². The molecule has 0 fully saturated rings. The number of hydrogen-bond acceptors (Lipinski definition) is 5. The Bertz CT molecular complexity index is 633. The molecule has 0 aliphatic heterocycles. The Labute approximate surface area is 109 Å². The van der Waals surface area contributed by atoms with Gasteiger partial charge in [-0.2, -0.15) is 0 Å². The smallest absolute Gasteiger partial charge is 0.263 e. The number of aliphatic hydroxyl groups is 1. The number of sulfonamides is 1. The van der Waals surface area contributed by atoms with E-state index >= 15 is 0 Å². The lowest BCUT2D eigenvalue weighted by molar-refractivity contribution is 0.282. The van der Waals surface area contributed by atoms with Gasteiger partial charge in [-0.1, -0.05) is 0 Å². The molecule has 0 aliphatic rings. The summed E-state index contributed by atoms with van der Waals surface area (Å²) in [6.45, 7) is 1.53. The first kappa shape index (κ1) is 13.0. The minimum absolute atomic E-state index is 0.107. The van der Waals surface area contributed by atoms with E-state index in [1.165, 1.54) is 23.6 Å². The van der Waals surface area contributed by atoms with Crippen LogP contribution >= 0.6 is 11.3 Å². The second kappa shape index (κ2) is 5.05. The van der Waals surface area contributed by atoms with Gasteiger partial charge in [-0.05, 0) is 30.5 Å². The van der Waals surface area contributed by atoms with Crippen molar-refractivity contribution < 1.29 is 13.5 Å². The van der Waals surface area contributed by atoms with Crippen LogP contribution in [-0.4, -0.2) is 18.5 Å². The molecule has 2 aromatic heterocycles. The number of pyridine rings is 1. The van der Waals surface area contributed by atoms with Crippen LogP contribution in [0.4, 0.5) is 5.69 Å². The van der Waals surface area contributed by atoms with Crippen molar-refractivity contribution in [1.82, 2.24) is 4.98 Å². The van der Waals surface area contributed by atoms with Gasteiger partial charge in [0.15, 0.2) is 0 Å². The zero-order chi connectivity index (χ0) is 13.2. The molecule has 2 heterocycles. The molecule has 0 bridgehead atoms. The van der Waals surface area contributed by atoms with Crippen LogP contribution in [0.25, 0.3) is 0 Å². The Balaban J connectivity index is 2.30. The SMILES string of the molecule is Cc1ccc(NS(=O)(=O)c2ccsc2CO)cn1. The topological polar surface area (TPSA) is 79.3 Å². The highest BCUT2D eigenvalue weighted by Gasteiger charge is 2.19. The fraction of sp³-hybridized carbons (Fsp3) is 0.182. The molecule has 7 heteroatoms. The number of aliphatic hydroxyl groups excluding tert-OH is 1. The number of aromatic nitrogens is 1. The Kier molecular flexibility index (Phi) is 3.65. The summed E-state index contributed by atoms with van der Waals surface area (Å²) < 4.78 is 26.6. The summed E-state index contributed by atoms with van der Waals surface area (Å²) in [4.78, 5) is 4.54. The monoisotopic (exact) mass is 284 g/mol. The molecule has 5 nitrogen and oxygen atoms in total. The molecule has 0 amide bonds. The number of hydrogen-bond donors (Lipinski definition) is 2. The molecule has 0 aliphatic carbocycles. The van der Waals surface area contributed by atoms with Crippen molar-refractivity contribution in [3.63, 3.8) is 0 Å². The summed E-state index contributed by atoms with van der Waals surface area (Å²) in [5, 5.41) is 10.7. The second-order valence-corrected chi connectivity index (χ2v) is 6.31. The van der Waals surface area contributed by atoms with Crippen LogP contribution in [0.2, 0.25) is 0 Å². The van der Waals surface area contributed by atoms with E-state index in [9.17, 15) is 8.42 Å². The molecule has 2 N–H and O–H groups in total. The van der Waals surface area contributed by atoms with Crippen molar-refractivity contribution in [2.75, 3.05) is 4.72 Å². The Hall–Kier alpha value is -1.44. The first-order valence-corrected chi connectivity index (χ1v) is 7.52. The van der Waals surface area contributed by atoms with E-state index in [0.717, 1.165) is 5.69 Å². The van der Waals surface area contributed by atoms with Crippen LogP contribution in [0, 0.1) is 6.92 Å². The van der Waals surface area contributed by atoms with Crippen LogP contribution in [0.5, 0.6) is 0 Å². The van der Waals surface area contributed by atoms with Gasteiger partial charge < -0.3 is 5.11 Å². The maximum absolute atomic E-state index is 12.1. The Morgan fingerprint density at radius 1 is 1.39 bits per heavy atom. The number of thiophene rings is 1. The third-order valence-electron chi connectivity index (χ3n) is 2.30. The van der Waals surface area contributed by atoms with Crippen LogP contribution < -0.4 is 4.72 Å². The third kappa shape index (κ3) is 2.69. The summed E-state index contributed by atoms with van der Waals surface area (Å²) >= 11 is 1.20. The fourth-order valence-electron chi connectivity index (χ4n) is 1.42. The van der Waals surface area contributed by atoms with E-state index < -0.39 is 10.0 Å². The number of nitrogens with one attached hydrogen (secondary N) is 1. The summed E-state index contributed by atoms with van der Waals surface area (Å²) in [7, 11) is -3.67. The molecule has 0 saturated heterocycles. The number of nitrogens with zero attached hydrogens (tertiary/aromatic N) is 1. The highest BCUT2D eigenvalue weighted by molar-refractivity contribution is 7.93. The molecule has 0 spiro atoms. The highest BCUT2D eigenvalue weighted by Crippen LogP contribution is 2.24. The van der Waals surface area contributed by atoms with Gasteiger partial charge in [-0.3, -0.25) is 9.71 Å². The predicted molar refractivity (Wildman–Crippen MR) is 70.0 cm³/mol. The molecule has 0 unspecified atom stereocenters. The quantitative estimate of drug-likeness (QED) is 0.896. The molecule has 0 atom stereocenters. The molecule has 0 radical (unpaired) electrons. The van der Waals surface area contributed by atoms with E-state index in [1.807, 2.05) is 6.92 Å². The van der Waals surface area contributed by atoms with Crippen LogP contribution in [0.15, 0.2) is 34.7 Å². The van der Waals surface area contributed by atoms with E-state index in [4.69, 9.17) is 5.11 Å². The van der Waals surface area contributed by atoms with E-state index in [-0.39, 0.29) is 11.5 Å². The fourth-order valence-corrected chi connectivity index (χ4v) is 3.76. The standard InChI is InChI=1S/C11H12N2O3S2/c1-8-2-3-9(6-12-8)13-18(15,16)11-4-5-17-10(11)7-14/h2-6,13-14H,7H2,1H3. The largest absolute Gasteiger partial charge is 0.391 e. The van der Waals surface area contributed by atoms with Crippen LogP contribution in [0.1, 0.15) is 10.6 Å². The summed E-state index contributed by atoms with van der Waals surface area (Å²) in [5.41, 5.74) is 1.21. The minimum Gasteiger partial charge on any atom is -0.391 e. The molecule has 0 saturated carbocycles. The van der Waals surface area contributed by atoms with Gasteiger partial charge in [0.1, 0.15) is 4.90 Å². The predicted octanol–water partition coefficient (Wildman–Crippen LogP) is 1.74. The first-order chi connectivity index (χ1) is 8.53. The van der Waals surface area contributed by atoms with E-state index in [1.54, 1.807) is 17.5 Å². The van der Waals surface area contributed by atoms with Crippen molar-refractivity contribution in [3.8, 4) is 0 Å². The zero-order valence-electron chi connectivity index (χ0n) is 9.62. The molecule has 2 aromatic rings. The Morgan fingerprint density at radius 2 is 2.17 bits per heavy atom. The lowest BCUT2D eigenvalue weighted by Gasteiger charge is -2.07. The number of rotatable bonds is 4. The van der Waals surface area contributed by atoms with Gasteiger partial charge in [0.05, 0.1) is 23.4 Å². The molecule has 18 heavy (non-hydrogen) atoms. The van der Waals surface area contributed by atoms with Crippen molar-refractivity contribution in [2.24, 2.45) is 0 Å². The molecular weight excluding hydrogens is 272 g/mol. The van der Waals surface area contributed by atoms with Gasteiger partial charge in [-0.15, -0.1) is 11.3 Å². The zero-order valence-corrected chi connectivity index (χ0v) is 11.3. The van der Waals surface area contributed by atoms with Crippen molar-refractivity contribution in [2.45, 2.75) is 18.4 Å². The lowest BCUT2D eigenvalue weighted by Crippen LogP contribution is -2.13. The highest BCUT2D eigenvalue weighted by atomic mass is 32.2. The van der Waals surface area contributed by atoms with Gasteiger partial charge in [-0.25, -0.2) is 8.42 Å². The van der Waals surface area contributed by atoms with Crippen molar-refractivity contribution >= 4 is 27.0 Å². The van der Waals surface area contributed by atoms with Crippen molar-refractivity contribution in [3.05, 3.63) is 40.3 Å². The number of aryl methyl sites for hydroxylation is 1. The molecule has 96 valence electrons. The average Bonchev–Trinajstić information content (AvgIpc) is 2.81. The minimum atomic E-state index is -3.67. The van der Waals surface area contributed by atoms with Gasteiger partial charge in [0.25, 0.3) is 10.0 Å². The molecule has 2 rings (SSSR count). The van der Waals surface area contributed by atoms with Crippen molar-refractivity contribution in [1.29, 1.82) is 0 Å². The maximum atomic E-state index is 12.1. The first-order valence-electron chi connectivity index (χ1n) is 5.15.